The van der Waals surface area contributed by atoms with Crippen molar-refractivity contribution in [2.75, 3.05) is 0 Å². The fourth-order valence-electron chi connectivity index (χ4n) is 3.36. The van der Waals surface area contributed by atoms with Gasteiger partial charge in [-0.05, 0) is 12.8 Å². The van der Waals surface area contributed by atoms with Crippen molar-refractivity contribution in [3.8, 4) is 0 Å². The van der Waals surface area contributed by atoms with Crippen molar-refractivity contribution in [1.82, 2.24) is 0 Å². The zero-order valence-corrected chi connectivity index (χ0v) is 16.3. The second-order valence-corrected chi connectivity index (χ2v) is 7.42. The molecule has 3 heteroatoms. The van der Waals surface area contributed by atoms with E-state index < -0.39 is 5.97 Å². The van der Waals surface area contributed by atoms with Crippen LogP contribution in [-0.2, 0) is 14.3 Å². The van der Waals surface area contributed by atoms with Gasteiger partial charge < -0.3 is 4.74 Å². The standard InChI is InChI=1S/C22H38O3/c1-2-3-4-5-6-7-8-9-10-11-12-13-14-15-16-17-18-20-19-21(23)25-22(20)24/h17-18,20H,2-16,19H2,1H3/b18-17-/t20-/m0/s1. The highest BCUT2D eigenvalue weighted by atomic mass is 16.6. The van der Waals surface area contributed by atoms with Gasteiger partial charge >= 0.3 is 11.9 Å². The number of esters is 2. The van der Waals surface area contributed by atoms with Gasteiger partial charge in [-0.15, -0.1) is 0 Å². The van der Waals surface area contributed by atoms with Crippen LogP contribution in [0.25, 0.3) is 0 Å². The highest BCUT2D eigenvalue weighted by molar-refractivity contribution is 5.95. The predicted molar refractivity (Wildman–Crippen MR) is 103 cm³/mol. The molecule has 0 aliphatic carbocycles. The third-order valence-corrected chi connectivity index (χ3v) is 5.00. The van der Waals surface area contributed by atoms with Crippen molar-refractivity contribution < 1.29 is 14.3 Å². The minimum Gasteiger partial charge on any atom is -0.393 e. The van der Waals surface area contributed by atoms with E-state index in [1.54, 1.807) is 0 Å². The molecule has 25 heavy (non-hydrogen) atoms. The Morgan fingerprint density at radius 2 is 1.28 bits per heavy atom. The topological polar surface area (TPSA) is 43.4 Å². The lowest BCUT2D eigenvalue weighted by atomic mass is 10.0. The molecular weight excluding hydrogens is 312 g/mol. The van der Waals surface area contributed by atoms with Crippen LogP contribution in [0.5, 0.6) is 0 Å². The first-order valence-corrected chi connectivity index (χ1v) is 10.6. The third-order valence-electron chi connectivity index (χ3n) is 5.00. The molecule has 0 radical (unpaired) electrons. The number of cyclic esters (lactones) is 2. The van der Waals surface area contributed by atoms with Crippen LogP contribution < -0.4 is 0 Å². The fourth-order valence-corrected chi connectivity index (χ4v) is 3.36. The third kappa shape index (κ3) is 12.0. The van der Waals surface area contributed by atoms with Crippen molar-refractivity contribution in [2.45, 2.75) is 110 Å². The molecule has 1 fully saturated rings. The molecule has 1 rings (SSSR count). The van der Waals surface area contributed by atoms with Crippen LogP contribution in [0, 0.1) is 5.92 Å². The van der Waals surface area contributed by atoms with Crippen LogP contribution in [0.15, 0.2) is 12.2 Å². The molecule has 1 aliphatic rings. The van der Waals surface area contributed by atoms with Gasteiger partial charge in [0.2, 0.25) is 0 Å². The maximum atomic E-state index is 11.3. The lowest BCUT2D eigenvalue weighted by molar-refractivity contribution is -0.152. The summed E-state index contributed by atoms with van der Waals surface area (Å²) in [5.74, 6) is -1.11. The number of carbonyl (C=O) groups excluding carboxylic acids is 2. The van der Waals surface area contributed by atoms with Crippen LogP contribution in [0.4, 0.5) is 0 Å². The van der Waals surface area contributed by atoms with Crippen molar-refractivity contribution in [1.29, 1.82) is 0 Å². The summed E-state index contributed by atoms with van der Waals surface area (Å²) in [6.07, 6.45) is 24.2. The summed E-state index contributed by atoms with van der Waals surface area (Å²) in [6, 6.07) is 0. The van der Waals surface area contributed by atoms with E-state index in [0.717, 1.165) is 6.42 Å². The molecule has 0 aromatic heterocycles. The molecule has 0 amide bonds. The average Bonchev–Trinajstić information content (AvgIpc) is 2.92. The quantitative estimate of drug-likeness (QED) is 0.138. The van der Waals surface area contributed by atoms with E-state index in [0.29, 0.717) is 0 Å². The van der Waals surface area contributed by atoms with Gasteiger partial charge in [0.05, 0.1) is 12.3 Å². The molecule has 0 spiro atoms. The molecule has 1 saturated heterocycles. The van der Waals surface area contributed by atoms with E-state index in [2.05, 4.69) is 11.7 Å². The predicted octanol–water partition coefficient (Wildman–Crippen LogP) is 6.50. The van der Waals surface area contributed by atoms with Gasteiger partial charge in [-0.2, -0.15) is 0 Å². The Labute approximate surface area is 154 Å². The molecule has 0 N–H and O–H groups in total. The summed E-state index contributed by atoms with van der Waals surface area (Å²) < 4.78 is 4.52. The van der Waals surface area contributed by atoms with Crippen LogP contribution in [0.1, 0.15) is 110 Å². The number of hydrogen-bond donors (Lipinski definition) is 0. The van der Waals surface area contributed by atoms with E-state index in [1.165, 1.54) is 89.9 Å². The highest BCUT2D eigenvalue weighted by Crippen LogP contribution is 2.18. The van der Waals surface area contributed by atoms with Gasteiger partial charge in [0.15, 0.2) is 0 Å². The summed E-state index contributed by atoms with van der Waals surface area (Å²) in [7, 11) is 0. The van der Waals surface area contributed by atoms with Gasteiger partial charge in [0.25, 0.3) is 0 Å². The number of allylic oxidation sites excluding steroid dienone is 1. The molecule has 144 valence electrons. The first kappa shape index (κ1) is 21.9. The van der Waals surface area contributed by atoms with Crippen molar-refractivity contribution in [2.24, 2.45) is 5.92 Å². The largest absolute Gasteiger partial charge is 0.393 e. The Bertz CT molecular complexity index is 387. The van der Waals surface area contributed by atoms with Gasteiger partial charge in [-0.25, -0.2) is 0 Å². The first-order valence-electron chi connectivity index (χ1n) is 10.6. The number of unbranched alkanes of at least 4 members (excludes halogenated alkanes) is 14. The molecule has 0 unspecified atom stereocenters. The minimum atomic E-state index is -0.392. The summed E-state index contributed by atoms with van der Waals surface area (Å²) >= 11 is 0. The summed E-state index contributed by atoms with van der Waals surface area (Å²) in [4.78, 5) is 22.2. The maximum Gasteiger partial charge on any atom is 0.321 e. The number of rotatable bonds is 16. The Morgan fingerprint density at radius 3 is 1.72 bits per heavy atom. The molecular formula is C22H38O3. The van der Waals surface area contributed by atoms with E-state index in [-0.39, 0.29) is 18.3 Å². The van der Waals surface area contributed by atoms with Crippen molar-refractivity contribution >= 4 is 11.9 Å². The monoisotopic (exact) mass is 350 g/mol. The normalized spacial score (nSPS) is 17.6. The zero-order chi connectivity index (χ0) is 18.2. The van der Waals surface area contributed by atoms with Gasteiger partial charge in [0.1, 0.15) is 0 Å². The Balaban J connectivity index is 1.77. The van der Waals surface area contributed by atoms with Crippen molar-refractivity contribution in [3.63, 3.8) is 0 Å². The van der Waals surface area contributed by atoms with E-state index >= 15 is 0 Å². The van der Waals surface area contributed by atoms with Crippen molar-refractivity contribution in [3.05, 3.63) is 12.2 Å². The maximum absolute atomic E-state index is 11.3. The first-order chi connectivity index (χ1) is 12.2. The summed E-state index contributed by atoms with van der Waals surface area (Å²) in [5, 5.41) is 0. The summed E-state index contributed by atoms with van der Waals surface area (Å²) in [5.41, 5.74) is 0. The number of hydrogen-bond acceptors (Lipinski definition) is 3. The smallest absolute Gasteiger partial charge is 0.321 e. The second-order valence-electron chi connectivity index (χ2n) is 7.42. The Hall–Kier alpha value is -1.12. The minimum absolute atomic E-state index is 0.216. The van der Waals surface area contributed by atoms with Gasteiger partial charge in [-0.3, -0.25) is 9.59 Å². The van der Waals surface area contributed by atoms with Crippen LogP contribution in [0.2, 0.25) is 0 Å². The van der Waals surface area contributed by atoms with Crippen LogP contribution in [-0.4, -0.2) is 11.9 Å². The molecule has 1 aliphatic heterocycles. The van der Waals surface area contributed by atoms with Crippen LogP contribution in [0.3, 0.4) is 0 Å². The zero-order valence-electron chi connectivity index (χ0n) is 16.3. The SMILES string of the molecule is CCCCCCCCCCCCCCCC/C=C\[C@H]1CC(=O)OC1=O. The summed E-state index contributed by atoms with van der Waals surface area (Å²) in [6.45, 7) is 2.27. The molecule has 3 nitrogen and oxygen atoms in total. The lowest BCUT2D eigenvalue weighted by Crippen LogP contribution is -2.03. The molecule has 1 atom stereocenters. The lowest BCUT2D eigenvalue weighted by Gasteiger charge is -2.03. The Kier molecular flexibility index (Phi) is 13.3. The molecule has 0 aromatic rings. The number of carbonyl (C=O) groups is 2. The van der Waals surface area contributed by atoms with E-state index in [9.17, 15) is 9.59 Å². The molecule has 0 bridgehead atoms. The van der Waals surface area contributed by atoms with Gasteiger partial charge in [0, 0.05) is 0 Å². The average molecular weight is 351 g/mol. The second kappa shape index (κ2) is 15.2. The van der Waals surface area contributed by atoms with E-state index in [1.807, 2.05) is 12.2 Å². The fraction of sp³-hybridized carbons (Fsp3) is 0.818. The molecule has 0 saturated carbocycles. The van der Waals surface area contributed by atoms with Crippen LogP contribution >= 0.6 is 0 Å². The van der Waals surface area contributed by atoms with Gasteiger partial charge in [-0.1, -0.05) is 103 Å². The highest BCUT2D eigenvalue weighted by Gasteiger charge is 2.30. The van der Waals surface area contributed by atoms with E-state index in [4.69, 9.17) is 0 Å². The Morgan fingerprint density at radius 1 is 0.800 bits per heavy atom. The number of ether oxygens (including phenoxy) is 1. The molecule has 1 heterocycles. The molecule has 0 aromatic carbocycles.